The van der Waals surface area contributed by atoms with Gasteiger partial charge in [-0.1, -0.05) is 12.1 Å². The summed E-state index contributed by atoms with van der Waals surface area (Å²) in [7, 11) is 1.65. The van der Waals surface area contributed by atoms with E-state index in [2.05, 4.69) is 0 Å². The summed E-state index contributed by atoms with van der Waals surface area (Å²) in [6.45, 7) is 0.605. The second-order valence-corrected chi connectivity index (χ2v) is 3.49. The molecule has 1 aliphatic heterocycles. The molecule has 2 unspecified atom stereocenters. The van der Waals surface area contributed by atoms with Crippen molar-refractivity contribution in [1.29, 1.82) is 0 Å². The first kappa shape index (κ1) is 9.49. The summed E-state index contributed by atoms with van der Waals surface area (Å²) in [5.74, 6) is 1.17. The van der Waals surface area contributed by atoms with Gasteiger partial charge in [-0.25, -0.2) is 0 Å². The van der Waals surface area contributed by atoms with Crippen molar-refractivity contribution in [1.82, 2.24) is 0 Å². The molecule has 2 atom stereocenters. The molecule has 0 aliphatic carbocycles. The van der Waals surface area contributed by atoms with Gasteiger partial charge in [-0.2, -0.15) is 0 Å². The Hall–Kier alpha value is -1.06. The van der Waals surface area contributed by atoms with Crippen LogP contribution in [0.1, 0.15) is 17.9 Å². The van der Waals surface area contributed by atoms with Gasteiger partial charge in [0.15, 0.2) is 6.29 Å². The minimum Gasteiger partial charge on any atom is -0.497 e. The summed E-state index contributed by atoms with van der Waals surface area (Å²) in [5.41, 5.74) is 1.20. The highest BCUT2D eigenvalue weighted by Crippen LogP contribution is 2.29. The third-order valence-corrected chi connectivity index (χ3v) is 2.56. The van der Waals surface area contributed by atoms with Crippen LogP contribution in [0, 0.1) is 0 Å². The van der Waals surface area contributed by atoms with E-state index >= 15 is 0 Å². The fraction of sp³-hybridized carbons (Fsp3) is 0.455. The van der Waals surface area contributed by atoms with Crippen LogP contribution in [0.15, 0.2) is 24.3 Å². The minimum atomic E-state index is -0.595. The minimum absolute atomic E-state index is 0.316. The van der Waals surface area contributed by atoms with Crippen molar-refractivity contribution in [3.05, 3.63) is 29.8 Å². The van der Waals surface area contributed by atoms with E-state index in [4.69, 9.17) is 9.47 Å². The largest absolute Gasteiger partial charge is 0.497 e. The molecule has 1 N–H and O–H groups in total. The van der Waals surface area contributed by atoms with Crippen molar-refractivity contribution in [3.8, 4) is 5.75 Å². The summed E-state index contributed by atoms with van der Waals surface area (Å²) >= 11 is 0. The van der Waals surface area contributed by atoms with Crippen molar-refractivity contribution < 1.29 is 14.6 Å². The molecular formula is C11H14O3. The molecule has 3 heteroatoms. The Balaban J connectivity index is 2.09. The zero-order valence-electron chi connectivity index (χ0n) is 8.14. The SMILES string of the molecule is COc1ccc(C2COC(O)C2)cc1. The Morgan fingerprint density at radius 1 is 1.36 bits per heavy atom. The van der Waals surface area contributed by atoms with Crippen molar-refractivity contribution in [2.75, 3.05) is 13.7 Å². The number of aliphatic hydroxyl groups excluding tert-OH is 1. The Bertz CT molecular complexity index is 294. The fourth-order valence-corrected chi connectivity index (χ4v) is 1.72. The van der Waals surface area contributed by atoms with Gasteiger partial charge in [0.25, 0.3) is 0 Å². The van der Waals surface area contributed by atoms with Crippen molar-refractivity contribution in [2.24, 2.45) is 0 Å². The zero-order chi connectivity index (χ0) is 9.97. The summed E-state index contributed by atoms with van der Waals surface area (Å²) in [6, 6.07) is 7.90. The maximum atomic E-state index is 9.21. The molecule has 76 valence electrons. The van der Waals surface area contributed by atoms with E-state index in [0.29, 0.717) is 18.9 Å². The molecule has 3 nitrogen and oxygen atoms in total. The quantitative estimate of drug-likeness (QED) is 0.775. The standard InChI is InChI=1S/C11H14O3/c1-13-10-4-2-8(3-5-10)9-6-11(12)14-7-9/h2-5,9,11-12H,6-7H2,1H3. The molecule has 0 radical (unpaired) electrons. The van der Waals surface area contributed by atoms with Crippen LogP contribution in [0.25, 0.3) is 0 Å². The monoisotopic (exact) mass is 194 g/mol. The van der Waals surface area contributed by atoms with Gasteiger partial charge < -0.3 is 14.6 Å². The lowest BCUT2D eigenvalue weighted by molar-refractivity contribution is -0.0589. The van der Waals surface area contributed by atoms with Gasteiger partial charge in [0.1, 0.15) is 5.75 Å². The zero-order valence-corrected chi connectivity index (χ0v) is 8.14. The Labute approximate surface area is 83.3 Å². The molecule has 1 aliphatic rings. The molecule has 0 amide bonds. The molecule has 0 bridgehead atoms. The van der Waals surface area contributed by atoms with Gasteiger partial charge in [0.2, 0.25) is 0 Å². The lowest BCUT2D eigenvalue weighted by Gasteiger charge is -2.08. The number of benzene rings is 1. The highest BCUT2D eigenvalue weighted by molar-refractivity contribution is 5.29. The lowest BCUT2D eigenvalue weighted by Crippen LogP contribution is -2.00. The van der Waals surface area contributed by atoms with Gasteiger partial charge >= 0.3 is 0 Å². The molecule has 0 aromatic heterocycles. The van der Waals surface area contributed by atoms with Crippen LogP contribution in [0.5, 0.6) is 5.75 Å². The Kier molecular flexibility index (Phi) is 2.70. The third kappa shape index (κ3) is 1.89. The van der Waals surface area contributed by atoms with Crippen LogP contribution in [0.2, 0.25) is 0 Å². The van der Waals surface area contributed by atoms with Crippen LogP contribution in [-0.4, -0.2) is 25.1 Å². The van der Waals surface area contributed by atoms with Crippen LogP contribution < -0.4 is 4.74 Å². The van der Waals surface area contributed by atoms with Crippen molar-refractivity contribution >= 4 is 0 Å². The van der Waals surface area contributed by atoms with Crippen LogP contribution in [0.3, 0.4) is 0 Å². The second-order valence-electron chi connectivity index (χ2n) is 3.49. The predicted octanol–water partition coefficient (Wildman–Crippen LogP) is 1.52. The second kappa shape index (κ2) is 3.98. The number of ether oxygens (including phenoxy) is 2. The lowest BCUT2D eigenvalue weighted by atomic mass is 9.98. The molecule has 1 saturated heterocycles. The number of aliphatic hydroxyl groups is 1. The van der Waals surface area contributed by atoms with Crippen molar-refractivity contribution in [3.63, 3.8) is 0 Å². The van der Waals surface area contributed by atoms with Crippen LogP contribution in [-0.2, 0) is 4.74 Å². The third-order valence-electron chi connectivity index (χ3n) is 2.56. The van der Waals surface area contributed by atoms with E-state index in [9.17, 15) is 5.11 Å². The van der Waals surface area contributed by atoms with E-state index in [1.54, 1.807) is 7.11 Å². The highest BCUT2D eigenvalue weighted by atomic mass is 16.6. The maximum absolute atomic E-state index is 9.21. The van der Waals surface area contributed by atoms with Gasteiger partial charge in [-0.05, 0) is 17.7 Å². The van der Waals surface area contributed by atoms with E-state index in [0.717, 1.165) is 5.75 Å². The number of hydrogen-bond acceptors (Lipinski definition) is 3. The first-order valence-electron chi connectivity index (χ1n) is 4.73. The summed E-state index contributed by atoms with van der Waals surface area (Å²) in [5, 5.41) is 9.21. The van der Waals surface area contributed by atoms with Crippen molar-refractivity contribution in [2.45, 2.75) is 18.6 Å². The van der Waals surface area contributed by atoms with Gasteiger partial charge in [-0.3, -0.25) is 0 Å². The average molecular weight is 194 g/mol. The Morgan fingerprint density at radius 2 is 2.07 bits per heavy atom. The first-order valence-corrected chi connectivity index (χ1v) is 4.73. The van der Waals surface area contributed by atoms with Crippen LogP contribution >= 0.6 is 0 Å². The fourth-order valence-electron chi connectivity index (χ4n) is 1.72. The Morgan fingerprint density at radius 3 is 2.57 bits per heavy atom. The van der Waals surface area contributed by atoms with E-state index < -0.39 is 6.29 Å². The van der Waals surface area contributed by atoms with Crippen LogP contribution in [0.4, 0.5) is 0 Å². The molecule has 0 spiro atoms. The van der Waals surface area contributed by atoms with Gasteiger partial charge in [0.05, 0.1) is 13.7 Å². The smallest absolute Gasteiger partial charge is 0.155 e. The normalized spacial score (nSPS) is 26.4. The molecule has 1 aromatic rings. The molecule has 1 fully saturated rings. The number of hydrogen-bond donors (Lipinski definition) is 1. The molecule has 1 heterocycles. The van der Waals surface area contributed by atoms with Gasteiger partial charge in [-0.15, -0.1) is 0 Å². The highest BCUT2D eigenvalue weighted by Gasteiger charge is 2.24. The molecule has 0 saturated carbocycles. The van der Waals surface area contributed by atoms with E-state index in [-0.39, 0.29) is 0 Å². The molecule has 1 aromatic carbocycles. The number of methoxy groups -OCH3 is 1. The topological polar surface area (TPSA) is 38.7 Å². The molecular weight excluding hydrogens is 180 g/mol. The summed E-state index contributed by atoms with van der Waals surface area (Å²) < 4.78 is 10.2. The van der Waals surface area contributed by atoms with Gasteiger partial charge in [0, 0.05) is 12.3 Å². The summed E-state index contributed by atoms with van der Waals surface area (Å²) in [4.78, 5) is 0. The number of rotatable bonds is 2. The predicted molar refractivity (Wildman–Crippen MR) is 52.3 cm³/mol. The molecule has 14 heavy (non-hydrogen) atoms. The van der Waals surface area contributed by atoms with E-state index in [1.807, 2.05) is 24.3 Å². The first-order chi connectivity index (χ1) is 6.79. The average Bonchev–Trinajstić information content (AvgIpc) is 2.65. The molecule has 2 rings (SSSR count). The maximum Gasteiger partial charge on any atom is 0.155 e. The summed E-state index contributed by atoms with van der Waals surface area (Å²) in [6.07, 6.45) is 0.0916. The van der Waals surface area contributed by atoms with E-state index in [1.165, 1.54) is 5.56 Å².